The van der Waals surface area contributed by atoms with Crippen LogP contribution in [0.4, 0.5) is 17.2 Å². The largest absolute Gasteiger partial charge is 0.368 e. The molecule has 6 rings (SSSR count). The van der Waals surface area contributed by atoms with E-state index in [4.69, 9.17) is 0 Å². The van der Waals surface area contributed by atoms with Crippen LogP contribution < -0.4 is 15.1 Å². The Morgan fingerprint density at radius 2 is 1.50 bits per heavy atom. The number of nitrogens with one attached hydrogen (secondary N) is 1. The zero-order chi connectivity index (χ0) is 27.6. The van der Waals surface area contributed by atoms with E-state index in [1.54, 1.807) is 0 Å². The van der Waals surface area contributed by atoms with Crippen molar-refractivity contribution >= 4 is 34.4 Å². The van der Waals surface area contributed by atoms with Crippen molar-refractivity contribution in [1.82, 2.24) is 9.38 Å². The maximum atomic E-state index is 13.6. The van der Waals surface area contributed by atoms with Gasteiger partial charge in [0.1, 0.15) is 11.5 Å². The Hall–Kier alpha value is -4.91. The minimum absolute atomic E-state index is 0.370. The van der Waals surface area contributed by atoms with Gasteiger partial charge in [-0.15, -0.1) is 0 Å². The Morgan fingerprint density at radius 3 is 2.23 bits per heavy atom. The van der Waals surface area contributed by atoms with Crippen molar-refractivity contribution in [3.8, 4) is 11.1 Å². The highest BCUT2D eigenvalue weighted by molar-refractivity contribution is 6.47. The summed E-state index contributed by atoms with van der Waals surface area (Å²) in [5.41, 5.74) is 6.64. The van der Waals surface area contributed by atoms with Crippen LogP contribution in [0.15, 0.2) is 97.2 Å². The summed E-state index contributed by atoms with van der Waals surface area (Å²) in [5, 5.41) is 2.82. The van der Waals surface area contributed by atoms with E-state index in [1.165, 1.54) is 5.56 Å². The molecule has 200 valence electrons. The van der Waals surface area contributed by atoms with Crippen molar-refractivity contribution in [2.24, 2.45) is 0 Å². The van der Waals surface area contributed by atoms with E-state index in [0.29, 0.717) is 11.4 Å². The van der Waals surface area contributed by atoms with Gasteiger partial charge in [-0.3, -0.25) is 9.59 Å². The number of hydrogen-bond acceptors (Lipinski definition) is 5. The molecule has 1 N–H and O–H groups in total. The molecular formula is C33H31N5O2. The zero-order valence-electron chi connectivity index (χ0n) is 22.7. The topological polar surface area (TPSA) is 70.0 Å². The number of benzene rings is 2. The number of carbonyl (C=O) groups excluding carboxylic acids is 2. The number of pyridine rings is 2. The summed E-state index contributed by atoms with van der Waals surface area (Å²) in [4.78, 5) is 36.0. The van der Waals surface area contributed by atoms with E-state index in [1.807, 2.05) is 102 Å². The third-order valence-electron chi connectivity index (χ3n) is 7.49. The van der Waals surface area contributed by atoms with Crippen LogP contribution in [0, 0.1) is 13.8 Å². The number of Topliss-reactive ketones (excluding diaryl/α,β-unsaturated/α-hetero) is 1. The molecule has 1 fully saturated rings. The lowest BCUT2D eigenvalue weighted by Gasteiger charge is -2.36. The van der Waals surface area contributed by atoms with Crippen molar-refractivity contribution < 1.29 is 9.59 Å². The molecule has 4 heterocycles. The van der Waals surface area contributed by atoms with Gasteiger partial charge in [0.15, 0.2) is 0 Å². The minimum Gasteiger partial charge on any atom is -0.368 e. The molecule has 1 saturated heterocycles. The highest BCUT2D eigenvalue weighted by atomic mass is 16.2. The monoisotopic (exact) mass is 529 g/mol. The van der Waals surface area contributed by atoms with Crippen molar-refractivity contribution in [1.29, 1.82) is 0 Å². The molecule has 0 spiro atoms. The Balaban J connectivity index is 1.17. The van der Waals surface area contributed by atoms with Gasteiger partial charge in [0.2, 0.25) is 0 Å². The van der Waals surface area contributed by atoms with Crippen LogP contribution in [0.25, 0.3) is 16.6 Å². The molecule has 0 bridgehead atoms. The molecule has 7 heteroatoms. The molecule has 3 aromatic heterocycles. The van der Waals surface area contributed by atoms with E-state index in [9.17, 15) is 9.59 Å². The summed E-state index contributed by atoms with van der Waals surface area (Å²) in [6.07, 6.45) is 1.86. The van der Waals surface area contributed by atoms with Crippen LogP contribution in [0.2, 0.25) is 0 Å². The Labute approximate surface area is 233 Å². The average Bonchev–Trinajstić information content (AvgIpc) is 3.39. The first-order valence-electron chi connectivity index (χ1n) is 13.5. The first kappa shape index (κ1) is 25.4. The molecule has 2 aromatic carbocycles. The normalized spacial score (nSPS) is 13.4. The van der Waals surface area contributed by atoms with Crippen molar-refractivity contribution in [3.05, 3.63) is 114 Å². The number of ketones is 1. The van der Waals surface area contributed by atoms with Gasteiger partial charge in [0.05, 0.1) is 0 Å². The molecule has 1 amide bonds. The van der Waals surface area contributed by atoms with Crippen molar-refractivity contribution in [3.63, 3.8) is 0 Å². The fourth-order valence-electron chi connectivity index (χ4n) is 5.39. The fourth-order valence-corrected chi connectivity index (χ4v) is 5.39. The van der Waals surface area contributed by atoms with E-state index < -0.39 is 11.7 Å². The number of aromatic nitrogens is 2. The van der Waals surface area contributed by atoms with Gasteiger partial charge in [-0.05, 0) is 79.6 Å². The summed E-state index contributed by atoms with van der Waals surface area (Å²) in [5.74, 6) is -0.214. The summed E-state index contributed by atoms with van der Waals surface area (Å²) in [6.45, 7) is 7.55. The SMILES string of the molecule is Cc1ccnc(N2CCN(c3ccc(NC(=O)C(=O)c4c(-c5ccccc5)cc5cccc(C)n45)cc3)CC2)c1. The maximum absolute atomic E-state index is 13.6. The fraction of sp³-hybridized carbons (Fsp3) is 0.182. The number of hydrogen-bond donors (Lipinski definition) is 1. The summed E-state index contributed by atoms with van der Waals surface area (Å²) in [7, 11) is 0. The molecule has 7 nitrogen and oxygen atoms in total. The highest BCUT2D eigenvalue weighted by Gasteiger charge is 2.26. The van der Waals surface area contributed by atoms with Crippen LogP contribution >= 0.6 is 0 Å². The van der Waals surface area contributed by atoms with Crippen LogP contribution in [-0.2, 0) is 4.79 Å². The molecule has 40 heavy (non-hydrogen) atoms. The number of carbonyl (C=O) groups is 2. The third-order valence-corrected chi connectivity index (χ3v) is 7.49. The number of aryl methyl sites for hydroxylation is 2. The predicted octanol–water partition coefficient (Wildman–Crippen LogP) is 5.77. The standard InChI is InChI=1S/C33H31N5O2/c1-23-15-16-34-30(21-23)37-19-17-36(18-20-37)27-13-11-26(12-14-27)35-33(40)32(39)31-29(25-8-4-3-5-9-25)22-28-10-6-7-24(2)38(28)31/h3-16,21-22H,17-20H2,1-2H3,(H,35,40). The lowest BCUT2D eigenvalue weighted by atomic mass is 10.0. The summed E-state index contributed by atoms with van der Waals surface area (Å²) >= 11 is 0. The third kappa shape index (κ3) is 4.94. The zero-order valence-corrected chi connectivity index (χ0v) is 22.7. The van der Waals surface area contributed by atoms with Crippen LogP contribution in [0.1, 0.15) is 21.7 Å². The Bertz CT molecular complexity index is 1680. The van der Waals surface area contributed by atoms with Crippen LogP contribution in [-0.4, -0.2) is 47.3 Å². The quantitative estimate of drug-likeness (QED) is 0.224. The molecule has 5 aromatic rings. The van der Waals surface area contributed by atoms with Crippen LogP contribution in [0.5, 0.6) is 0 Å². The first-order chi connectivity index (χ1) is 19.5. The molecule has 1 aliphatic rings. The highest BCUT2D eigenvalue weighted by Crippen LogP contribution is 2.30. The lowest BCUT2D eigenvalue weighted by molar-refractivity contribution is -0.112. The number of amides is 1. The number of nitrogens with zero attached hydrogens (tertiary/aromatic N) is 4. The Morgan fingerprint density at radius 1 is 0.775 bits per heavy atom. The molecule has 0 aliphatic carbocycles. The Kier molecular flexibility index (Phi) is 6.78. The maximum Gasteiger partial charge on any atom is 0.298 e. The van der Waals surface area contributed by atoms with Gasteiger partial charge < -0.3 is 19.5 Å². The van der Waals surface area contributed by atoms with E-state index in [0.717, 1.165) is 60.0 Å². The molecular weight excluding hydrogens is 498 g/mol. The number of fused-ring (bicyclic) bond motifs is 1. The molecule has 1 aliphatic heterocycles. The lowest BCUT2D eigenvalue weighted by Crippen LogP contribution is -2.46. The van der Waals surface area contributed by atoms with Gasteiger partial charge in [-0.2, -0.15) is 0 Å². The van der Waals surface area contributed by atoms with Gasteiger partial charge >= 0.3 is 0 Å². The second-order valence-electron chi connectivity index (χ2n) is 10.2. The molecule has 0 atom stereocenters. The molecule has 0 radical (unpaired) electrons. The van der Waals surface area contributed by atoms with Crippen LogP contribution in [0.3, 0.4) is 0 Å². The molecule has 0 unspecified atom stereocenters. The minimum atomic E-state index is -0.660. The van der Waals surface area contributed by atoms with Crippen molar-refractivity contribution in [2.75, 3.05) is 41.3 Å². The second kappa shape index (κ2) is 10.7. The van der Waals surface area contributed by atoms with E-state index >= 15 is 0 Å². The van der Waals surface area contributed by atoms with E-state index in [2.05, 4.69) is 33.1 Å². The van der Waals surface area contributed by atoms with Gasteiger partial charge in [0, 0.05) is 60.5 Å². The first-order valence-corrected chi connectivity index (χ1v) is 13.5. The van der Waals surface area contributed by atoms with Crippen molar-refractivity contribution in [2.45, 2.75) is 13.8 Å². The van der Waals surface area contributed by atoms with E-state index in [-0.39, 0.29) is 0 Å². The summed E-state index contributed by atoms with van der Waals surface area (Å²) < 4.78 is 1.86. The molecule has 0 saturated carbocycles. The van der Waals surface area contributed by atoms with Gasteiger partial charge in [0.25, 0.3) is 11.7 Å². The number of rotatable bonds is 6. The second-order valence-corrected chi connectivity index (χ2v) is 10.2. The average molecular weight is 530 g/mol. The van der Waals surface area contributed by atoms with Gasteiger partial charge in [-0.25, -0.2) is 4.98 Å². The summed E-state index contributed by atoms with van der Waals surface area (Å²) in [6, 6.07) is 29.3. The number of anilines is 3. The smallest absolute Gasteiger partial charge is 0.298 e. The predicted molar refractivity (Wildman–Crippen MR) is 160 cm³/mol. The van der Waals surface area contributed by atoms with Gasteiger partial charge in [-0.1, -0.05) is 36.4 Å². The number of piperazine rings is 1.